The predicted molar refractivity (Wildman–Crippen MR) is 91.4 cm³/mol. The van der Waals surface area contributed by atoms with E-state index in [9.17, 15) is 0 Å². The van der Waals surface area contributed by atoms with Crippen molar-refractivity contribution in [3.63, 3.8) is 0 Å². The summed E-state index contributed by atoms with van der Waals surface area (Å²) in [5, 5.41) is 0. The summed E-state index contributed by atoms with van der Waals surface area (Å²) in [5.41, 5.74) is 0. The zero-order chi connectivity index (χ0) is 17.0. The van der Waals surface area contributed by atoms with Crippen molar-refractivity contribution in [2.24, 2.45) is 0 Å². The standard InChI is InChI=1S/C16H27IO6/c1-14(2)18-8-10(20-14)12-13(23-16(5,6)22-12)11-9(7-17)19-15(3,4)21-11/h9-13H,7-8H2,1-6H3/t9-,10+,11+,12-,13-/m0/s1. The monoisotopic (exact) mass is 442 g/mol. The maximum atomic E-state index is 6.19. The van der Waals surface area contributed by atoms with Gasteiger partial charge in [0.15, 0.2) is 17.4 Å². The van der Waals surface area contributed by atoms with Crippen LogP contribution in [0.5, 0.6) is 0 Å². The molecule has 23 heavy (non-hydrogen) atoms. The van der Waals surface area contributed by atoms with E-state index in [1.54, 1.807) is 0 Å². The van der Waals surface area contributed by atoms with Crippen LogP contribution in [-0.4, -0.2) is 58.9 Å². The molecule has 5 atom stereocenters. The molecule has 0 aromatic rings. The zero-order valence-electron chi connectivity index (χ0n) is 14.6. The Hall–Kier alpha value is 0.490. The van der Waals surface area contributed by atoms with Gasteiger partial charge >= 0.3 is 0 Å². The van der Waals surface area contributed by atoms with Crippen LogP contribution in [0.4, 0.5) is 0 Å². The van der Waals surface area contributed by atoms with E-state index in [0.29, 0.717) is 6.61 Å². The Morgan fingerprint density at radius 3 is 1.87 bits per heavy atom. The molecule has 3 fully saturated rings. The third kappa shape index (κ3) is 3.86. The number of rotatable bonds is 3. The molecule has 0 saturated carbocycles. The summed E-state index contributed by atoms with van der Waals surface area (Å²) in [4.78, 5) is 0. The van der Waals surface area contributed by atoms with Crippen LogP contribution >= 0.6 is 22.6 Å². The van der Waals surface area contributed by atoms with Crippen molar-refractivity contribution in [1.82, 2.24) is 0 Å². The molecule has 0 radical (unpaired) electrons. The summed E-state index contributed by atoms with van der Waals surface area (Å²) in [6.45, 7) is 12.0. The van der Waals surface area contributed by atoms with Crippen molar-refractivity contribution in [3.05, 3.63) is 0 Å². The minimum Gasteiger partial charge on any atom is -0.348 e. The van der Waals surface area contributed by atoms with Gasteiger partial charge in [0, 0.05) is 4.43 Å². The second kappa shape index (κ2) is 6.03. The van der Waals surface area contributed by atoms with E-state index >= 15 is 0 Å². The summed E-state index contributed by atoms with van der Waals surface area (Å²) in [7, 11) is 0. The number of hydrogen-bond acceptors (Lipinski definition) is 6. The fourth-order valence-corrected chi connectivity index (χ4v) is 4.18. The Balaban J connectivity index is 1.81. The van der Waals surface area contributed by atoms with Gasteiger partial charge < -0.3 is 28.4 Å². The molecule has 0 N–H and O–H groups in total. The van der Waals surface area contributed by atoms with E-state index in [4.69, 9.17) is 28.4 Å². The predicted octanol–water partition coefficient (Wildman–Crippen LogP) is 2.61. The van der Waals surface area contributed by atoms with Crippen molar-refractivity contribution in [3.8, 4) is 0 Å². The molecule has 7 heteroatoms. The Morgan fingerprint density at radius 1 is 0.739 bits per heavy atom. The van der Waals surface area contributed by atoms with Crippen molar-refractivity contribution in [1.29, 1.82) is 0 Å². The molecule has 0 spiro atoms. The Morgan fingerprint density at radius 2 is 1.30 bits per heavy atom. The van der Waals surface area contributed by atoms with E-state index in [1.165, 1.54) is 0 Å². The molecule has 3 heterocycles. The van der Waals surface area contributed by atoms with Crippen LogP contribution < -0.4 is 0 Å². The van der Waals surface area contributed by atoms with Gasteiger partial charge in [0.25, 0.3) is 0 Å². The average molecular weight is 442 g/mol. The van der Waals surface area contributed by atoms with Crippen molar-refractivity contribution < 1.29 is 28.4 Å². The van der Waals surface area contributed by atoms with Gasteiger partial charge in [-0.25, -0.2) is 0 Å². The van der Waals surface area contributed by atoms with E-state index in [1.807, 2.05) is 41.5 Å². The smallest absolute Gasteiger partial charge is 0.164 e. The van der Waals surface area contributed by atoms with Gasteiger partial charge in [-0.2, -0.15) is 0 Å². The van der Waals surface area contributed by atoms with Crippen LogP contribution in [0.15, 0.2) is 0 Å². The number of hydrogen-bond donors (Lipinski definition) is 0. The molecule has 0 unspecified atom stereocenters. The molecule has 3 rings (SSSR count). The van der Waals surface area contributed by atoms with Gasteiger partial charge in [-0.1, -0.05) is 22.6 Å². The summed E-state index contributed by atoms with van der Waals surface area (Å²) in [6.07, 6.45) is -0.917. The molecule has 3 aliphatic heterocycles. The van der Waals surface area contributed by atoms with Gasteiger partial charge in [0.05, 0.1) is 12.7 Å². The minimum atomic E-state index is -0.683. The first-order valence-corrected chi connectivity index (χ1v) is 9.63. The first-order chi connectivity index (χ1) is 10.5. The highest BCUT2D eigenvalue weighted by molar-refractivity contribution is 14.1. The molecule has 6 nitrogen and oxygen atoms in total. The molecular weight excluding hydrogens is 415 g/mol. The summed E-state index contributed by atoms with van der Waals surface area (Å²) < 4.78 is 37.0. The third-order valence-electron chi connectivity index (χ3n) is 4.26. The molecule has 0 bridgehead atoms. The Kier molecular flexibility index (Phi) is 4.80. The van der Waals surface area contributed by atoms with Crippen molar-refractivity contribution >= 4 is 22.6 Å². The van der Waals surface area contributed by atoms with Crippen LogP contribution in [0.3, 0.4) is 0 Å². The van der Waals surface area contributed by atoms with Gasteiger partial charge in [0.1, 0.15) is 24.4 Å². The Bertz CT molecular complexity index is 452. The van der Waals surface area contributed by atoms with Gasteiger partial charge in [-0.15, -0.1) is 0 Å². The normalized spacial score (nSPS) is 44.7. The maximum Gasteiger partial charge on any atom is 0.164 e. The molecule has 3 aliphatic rings. The topological polar surface area (TPSA) is 55.4 Å². The van der Waals surface area contributed by atoms with E-state index < -0.39 is 17.4 Å². The van der Waals surface area contributed by atoms with E-state index in [2.05, 4.69) is 22.6 Å². The fourth-order valence-electron chi connectivity index (χ4n) is 3.50. The van der Waals surface area contributed by atoms with Crippen LogP contribution in [0.25, 0.3) is 0 Å². The quantitative estimate of drug-likeness (QED) is 0.495. The first kappa shape index (κ1) is 18.3. The highest BCUT2D eigenvalue weighted by Crippen LogP contribution is 2.42. The molecule has 0 aromatic carbocycles. The highest BCUT2D eigenvalue weighted by atomic mass is 127. The lowest BCUT2D eigenvalue weighted by atomic mass is 10.0. The Labute approximate surface area is 151 Å². The van der Waals surface area contributed by atoms with Crippen LogP contribution in [-0.2, 0) is 28.4 Å². The maximum absolute atomic E-state index is 6.19. The second-order valence-corrected chi connectivity index (χ2v) is 8.61. The molecule has 3 saturated heterocycles. The SMILES string of the molecule is CC1(C)O[C@@H]([C@@H]2OC(C)(C)O[C@H]2CI)[C@H]([C@H]2COC(C)(C)O2)O1. The largest absolute Gasteiger partial charge is 0.348 e. The number of ether oxygens (including phenoxy) is 6. The average Bonchev–Trinajstić information content (AvgIpc) is 3.02. The van der Waals surface area contributed by atoms with Crippen LogP contribution in [0.1, 0.15) is 41.5 Å². The van der Waals surface area contributed by atoms with Crippen molar-refractivity contribution in [2.45, 2.75) is 89.4 Å². The van der Waals surface area contributed by atoms with E-state index in [0.717, 1.165) is 4.43 Å². The van der Waals surface area contributed by atoms with Crippen LogP contribution in [0.2, 0.25) is 0 Å². The number of alkyl halides is 1. The summed E-state index contributed by atoms with van der Waals surface area (Å²) >= 11 is 2.32. The number of halogens is 1. The highest BCUT2D eigenvalue weighted by Gasteiger charge is 2.57. The second-order valence-electron chi connectivity index (χ2n) is 7.72. The van der Waals surface area contributed by atoms with Crippen LogP contribution in [0, 0.1) is 0 Å². The molecule has 0 aromatic heterocycles. The fraction of sp³-hybridized carbons (Fsp3) is 1.00. The molecule has 0 aliphatic carbocycles. The molecule has 0 amide bonds. The summed E-state index contributed by atoms with van der Waals surface area (Å²) in [6, 6.07) is 0. The van der Waals surface area contributed by atoms with Gasteiger partial charge in [0.2, 0.25) is 0 Å². The summed E-state index contributed by atoms with van der Waals surface area (Å²) in [5.74, 6) is -1.90. The lowest BCUT2D eigenvalue weighted by Gasteiger charge is -2.28. The van der Waals surface area contributed by atoms with Crippen molar-refractivity contribution in [2.75, 3.05) is 11.0 Å². The van der Waals surface area contributed by atoms with Gasteiger partial charge in [-0.3, -0.25) is 0 Å². The van der Waals surface area contributed by atoms with Gasteiger partial charge in [-0.05, 0) is 41.5 Å². The van der Waals surface area contributed by atoms with E-state index in [-0.39, 0.29) is 30.5 Å². The molecular formula is C16H27IO6. The minimum absolute atomic E-state index is 0.0362. The third-order valence-corrected chi connectivity index (χ3v) is 5.13. The molecule has 134 valence electrons. The lowest BCUT2D eigenvalue weighted by molar-refractivity contribution is -0.178. The first-order valence-electron chi connectivity index (χ1n) is 8.11. The zero-order valence-corrected chi connectivity index (χ0v) is 16.8. The lowest BCUT2D eigenvalue weighted by Crippen LogP contribution is -2.48.